The van der Waals surface area contributed by atoms with Crippen molar-refractivity contribution in [2.45, 2.75) is 37.0 Å². The van der Waals surface area contributed by atoms with Crippen LogP contribution in [0.3, 0.4) is 0 Å². The van der Waals surface area contributed by atoms with Crippen LogP contribution in [0, 0.1) is 10.1 Å². The van der Waals surface area contributed by atoms with Crippen LogP contribution in [0.15, 0.2) is 29.2 Å². The van der Waals surface area contributed by atoms with E-state index in [0.29, 0.717) is 4.90 Å². The summed E-state index contributed by atoms with van der Waals surface area (Å²) in [6, 6.07) is 4.71. The molecule has 0 heterocycles. The fourth-order valence-corrected chi connectivity index (χ4v) is 3.05. The second-order valence-corrected chi connectivity index (χ2v) is 6.95. The van der Waals surface area contributed by atoms with Gasteiger partial charge in [-0.1, -0.05) is 0 Å². The Bertz CT molecular complexity index is 679. The lowest BCUT2D eigenvalue weighted by atomic mass is 10.2. The van der Waals surface area contributed by atoms with Gasteiger partial charge in [-0.25, -0.2) is 4.79 Å². The largest absolute Gasteiger partial charge is 0.480 e. The van der Waals surface area contributed by atoms with E-state index in [1.807, 2.05) is 0 Å². The Balaban J connectivity index is 2.82. The van der Waals surface area contributed by atoms with Crippen molar-refractivity contribution in [1.29, 1.82) is 0 Å². The molecule has 2 unspecified atom stereocenters. The van der Waals surface area contributed by atoms with Gasteiger partial charge < -0.3 is 15.3 Å². The van der Waals surface area contributed by atoms with Crippen LogP contribution in [0.4, 0.5) is 5.69 Å². The molecule has 10 heteroatoms. The number of hydrogen-bond acceptors (Lipinski definition) is 6. The molecule has 0 saturated heterocycles. The molecular formula is C16H21N3O6S. The number of non-ortho nitro benzene ring substituents is 1. The topological polar surface area (TPSA) is 130 Å². The number of rotatable bonds is 9. The standard InChI is InChI=1S/C16H21N3O6S/c1-10(16(22)23)18(9-8-17-12(3)20)15(21)11(2)26-14-6-4-13(5-7-14)19(24)25/h4-7,10-11H,8-9H2,1-3H3,(H,17,20)(H,22,23). The van der Waals surface area contributed by atoms with Crippen molar-refractivity contribution in [3.05, 3.63) is 34.4 Å². The van der Waals surface area contributed by atoms with Crippen LogP contribution >= 0.6 is 11.8 Å². The quantitative estimate of drug-likeness (QED) is 0.375. The van der Waals surface area contributed by atoms with Crippen molar-refractivity contribution in [2.24, 2.45) is 0 Å². The first-order valence-electron chi connectivity index (χ1n) is 7.82. The molecule has 1 rings (SSSR count). The average molecular weight is 383 g/mol. The van der Waals surface area contributed by atoms with Gasteiger partial charge in [0.05, 0.1) is 10.2 Å². The van der Waals surface area contributed by atoms with Crippen LogP contribution in [0.2, 0.25) is 0 Å². The number of thioether (sulfide) groups is 1. The van der Waals surface area contributed by atoms with E-state index in [-0.39, 0.29) is 24.7 Å². The Kier molecular flexibility index (Phi) is 8.04. The summed E-state index contributed by atoms with van der Waals surface area (Å²) < 4.78 is 0. The summed E-state index contributed by atoms with van der Waals surface area (Å²) in [6.45, 7) is 4.58. The molecule has 0 spiro atoms. The van der Waals surface area contributed by atoms with Crippen LogP contribution in [0.5, 0.6) is 0 Å². The number of nitro benzene ring substituents is 1. The SMILES string of the molecule is CC(=O)NCCN(C(=O)C(C)Sc1ccc([N+](=O)[O-])cc1)C(C)C(=O)O. The molecule has 9 nitrogen and oxygen atoms in total. The Hall–Kier alpha value is -2.62. The fraction of sp³-hybridized carbons (Fsp3) is 0.438. The monoisotopic (exact) mass is 383 g/mol. The van der Waals surface area contributed by atoms with Gasteiger partial charge in [0.2, 0.25) is 11.8 Å². The summed E-state index contributed by atoms with van der Waals surface area (Å²) in [5, 5.41) is 21.8. The molecular weight excluding hydrogens is 362 g/mol. The van der Waals surface area contributed by atoms with Crippen LogP contribution in [0.25, 0.3) is 0 Å². The Morgan fingerprint density at radius 2 is 1.85 bits per heavy atom. The van der Waals surface area contributed by atoms with Crippen molar-refractivity contribution in [2.75, 3.05) is 13.1 Å². The molecule has 0 bridgehead atoms. The van der Waals surface area contributed by atoms with Crippen molar-refractivity contribution in [3.8, 4) is 0 Å². The van der Waals surface area contributed by atoms with Crippen molar-refractivity contribution in [1.82, 2.24) is 10.2 Å². The Morgan fingerprint density at radius 1 is 1.27 bits per heavy atom. The maximum absolute atomic E-state index is 12.7. The second kappa shape index (κ2) is 9.76. The predicted molar refractivity (Wildman–Crippen MR) is 95.9 cm³/mol. The molecule has 0 radical (unpaired) electrons. The lowest BCUT2D eigenvalue weighted by Gasteiger charge is -2.29. The highest BCUT2D eigenvalue weighted by Gasteiger charge is 2.29. The highest BCUT2D eigenvalue weighted by atomic mass is 32.2. The Labute approximate surface area is 154 Å². The van der Waals surface area contributed by atoms with E-state index in [0.717, 1.165) is 0 Å². The van der Waals surface area contributed by atoms with Gasteiger partial charge in [0.1, 0.15) is 6.04 Å². The van der Waals surface area contributed by atoms with Crippen LogP contribution in [0.1, 0.15) is 20.8 Å². The summed E-state index contributed by atoms with van der Waals surface area (Å²) in [7, 11) is 0. The van der Waals surface area contributed by atoms with Gasteiger partial charge in [0.15, 0.2) is 0 Å². The zero-order valence-corrected chi connectivity index (χ0v) is 15.5. The van der Waals surface area contributed by atoms with E-state index in [9.17, 15) is 29.6 Å². The van der Waals surface area contributed by atoms with Gasteiger partial charge in [-0.3, -0.25) is 19.7 Å². The maximum atomic E-state index is 12.7. The molecule has 0 aliphatic rings. The molecule has 1 aromatic rings. The summed E-state index contributed by atoms with van der Waals surface area (Å²) in [4.78, 5) is 46.9. The number of carboxylic acid groups (broad SMARTS) is 1. The van der Waals surface area contributed by atoms with E-state index < -0.39 is 28.1 Å². The molecule has 0 aliphatic carbocycles. The minimum atomic E-state index is -1.14. The number of amides is 2. The summed E-state index contributed by atoms with van der Waals surface area (Å²) in [5.74, 6) is -1.81. The maximum Gasteiger partial charge on any atom is 0.326 e. The van der Waals surface area contributed by atoms with E-state index >= 15 is 0 Å². The number of carbonyl (C=O) groups is 3. The first-order valence-corrected chi connectivity index (χ1v) is 8.70. The molecule has 0 aromatic heterocycles. The summed E-state index contributed by atoms with van der Waals surface area (Å²) >= 11 is 1.18. The molecule has 0 aliphatic heterocycles. The third-order valence-electron chi connectivity index (χ3n) is 3.54. The minimum Gasteiger partial charge on any atom is -0.480 e. The third-order valence-corrected chi connectivity index (χ3v) is 4.64. The van der Waals surface area contributed by atoms with E-state index in [1.165, 1.54) is 54.8 Å². The number of carbonyl (C=O) groups excluding carboxylic acids is 2. The molecule has 1 aromatic carbocycles. The minimum absolute atomic E-state index is 0.0511. The lowest BCUT2D eigenvalue weighted by molar-refractivity contribution is -0.384. The summed E-state index contributed by atoms with van der Waals surface area (Å²) in [6.07, 6.45) is 0. The molecule has 0 saturated carbocycles. The van der Waals surface area contributed by atoms with Gasteiger partial charge >= 0.3 is 5.97 Å². The van der Waals surface area contributed by atoms with E-state index in [1.54, 1.807) is 6.92 Å². The number of nitro groups is 1. The average Bonchev–Trinajstić information content (AvgIpc) is 2.57. The highest BCUT2D eigenvalue weighted by molar-refractivity contribution is 8.00. The van der Waals surface area contributed by atoms with E-state index in [2.05, 4.69) is 5.32 Å². The fourth-order valence-electron chi connectivity index (χ4n) is 2.11. The molecule has 2 atom stereocenters. The van der Waals surface area contributed by atoms with Gasteiger partial charge in [-0.15, -0.1) is 11.8 Å². The van der Waals surface area contributed by atoms with Crippen molar-refractivity contribution >= 4 is 35.2 Å². The second-order valence-electron chi connectivity index (χ2n) is 5.54. The highest BCUT2D eigenvalue weighted by Crippen LogP contribution is 2.26. The molecule has 2 amide bonds. The van der Waals surface area contributed by atoms with Crippen molar-refractivity contribution < 1.29 is 24.4 Å². The lowest BCUT2D eigenvalue weighted by Crippen LogP contribution is -2.49. The smallest absolute Gasteiger partial charge is 0.326 e. The third kappa shape index (κ3) is 6.36. The first-order chi connectivity index (χ1) is 12.1. The van der Waals surface area contributed by atoms with Gasteiger partial charge in [-0.2, -0.15) is 0 Å². The van der Waals surface area contributed by atoms with Crippen LogP contribution < -0.4 is 5.32 Å². The molecule has 2 N–H and O–H groups in total. The number of benzene rings is 1. The zero-order valence-electron chi connectivity index (χ0n) is 14.7. The van der Waals surface area contributed by atoms with Gasteiger partial charge in [0.25, 0.3) is 5.69 Å². The van der Waals surface area contributed by atoms with Crippen molar-refractivity contribution in [3.63, 3.8) is 0 Å². The predicted octanol–water partition coefficient (Wildman–Crippen LogP) is 1.51. The number of nitrogens with zero attached hydrogens (tertiary/aromatic N) is 2. The number of nitrogens with one attached hydrogen (secondary N) is 1. The molecule has 26 heavy (non-hydrogen) atoms. The number of carboxylic acids is 1. The van der Waals surface area contributed by atoms with Gasteiger partial charge in [0, 0.05) is 37.0 Å². The molecule has 0 fully saturated rings. The molecule has 142 valence electrons. The van der Waals surface area contributed by atoms with Gasteiger partial charge in [-0.05, 0) is 26.0 Å². The van der Waals surface area contributed by atoms with E-state index in [4.69, 9.17) is 0 Å². The zero-order chi connectivity index (χ0) is 19.9. The normalized spacial score (nSPS) is 12.7. The number of hydrogen-bond donors (Lipinski definition) is 2. The van der Waals surface area contributed by atoms with Crippen LogP contribution in [-0.2, 0) is 14.4 Å². The Morgan fingerprint density at radius 3 is 2.31 bits per heavy atom. The number of aliphatic carboxylic acids is 1. The summed E-state index contributed by atoms with van der Waals surface area (Å²) in [5.41, 5.74) is -0.0511. The van der Waals surface area contributed by atoms with Crippen LogP contribution in [-0.4, -0.2) is 57.1 Å². The first kappa shape index (κ1) is 21.4.